The molecule has 2 aliphatic rings. The van der Waals surface area contributed by atoms with Crippen LogP contribution in [-0.4, -0.2) is 41.5 Å². The fourth-order valence-corrected chi connectivity index (χ4v) is 3.62. The number of carbonyl (C=O) groups is 4. The molecule has 6 nitrogen and oxygen atoms in total. The molecule has 2 heterocycles. The van der Waals surface area contributed by atoms with Gasteiger partial charge in [-0.3, -0.25) is 24.1 Å². The van der Waals surface area contributed by atoms with Crippen molar-refractivity contribution in [3.05, 3.63) is 64.7 Å². The van der Waals surface area contributed by atoms with Crippen LogP contribution in [0.25, 0.3) is 0 Å². The number of ketones is 1. The molecule has 0 aliphatic carbocycles. The Balaban J connectivity index is 1.50. The monoisotopic (exact) mass is 362 g/mol. The molecule has 0 saturated carbocycles. The maximum absolute atomic E-state index is 12.8. The van der Waals surface area contributed by atoms with Crippen molar-refractivity contribution in [2.75, 3.05) is 18.0 Å². The van der Waals surface area contributed by atoms with Crippen molar-refractivity contribution < 1.29 is 19.2 Å². The van der Waals surface area contributed by atoms with Gasteiger partial charge in [-0.2, -0.15) is 0 Å². The van der Waals surface area contributed by atoms with Gasteiger partial charge < -0.3 is 4.90 Å². The molecule has 2 aromatic rings. The van der Waals surface area contributed by atoms with Crippen molar-refractivity contribution in [2.24, 2.45) is 0 Å². The van der Waals surface area contributed by atoms with E-state index in [0.29, 0.717) is 28.9 Å². The summed E-state index contributed by atoms with van der Waals surface area (Å²) in [6.07, 6.45) is 0.294. The molecular weight excluding hydrogens is 344 g/mol. The van der Waals surface area contributed by atoms with Gasteiger partial charge in [0.2, 0.25) is 5.91 Å². The summed E-state index contributed by atoms with van der Waals surface area (Å²) in [5.74, 6) is -0.913. The van der Waals surface area contributed by atoms with Gasteiger partial charge in [0, 0.05) is 31.5 Å². The van der Waals surface area contributed by atoms with Gasteiger partial charge in [-0.05, 0) is 31.2 Å². The Hall–Kier alpha value is -3.28. The zero-order chi connectivity index (χ0) is 19.1. The number of fused-ring (bicyclic) bond motifs is 2. The number of nitrogens with zero attached hydrogens (tertiary/aromatic N) is 2. The summed E-state index contributed by atoms with van der Waals surface area (Å²) in [6.45, 7) is 2.24. The number of amides is 3. The Bertz CT molecular complexity index is 960. The van der Waals surface area contributed by atoms with E-state index in [1.165, 1.54) is 0 Å². The molecule has 0 bridgehead atoms. The minimum Gasteiger partial charge on any atom is -0.311 e. The topological polar surface area (TPSA) is 74.8 Å². The summed E-state index contributed by atoms with van der Waals surface area (Å²) >= 11 is 0. The highest BCUT2D eigenvalue weighted by atomic mass is 16.2. The highest BCUT2D eigenvalue weighted by molar-refractivity contribution is 6.21. The zero-order valence-electron chi connectivity index (χ0n) is 14.9. The minimum atomic E-state index is -0.367. The molecule has 0 unspecified atom stereocenters. The van der Waals surface area contributed by atoms with Crippen molar-refractivity contribution in [2.45, 2.75) is 19.8 Å². The van der Waals surface area contributed by atoms with Crippen LogP contribution in [0.1, 0.15) is 49.5 Å². The lowest BCUT2D eigenvalue weighted by Crippen LogP contribution is -2.40. The average Bonchev–Trinajstić information content (AvgIpc) is 2.91. The van der Waals surface area contributed by atoms with Gasteiger partial charge in [0.15, 0.2) is 5.78 Å². The van der Waals surface area contributed by atoms with Gasteiger partial charge in [-0.25, -0.2) is 0 Å². The predicted octanol–water partition coefficient (Wildman–Crippen LogP) is 2.60. The van der Waals surface area contributed by atoms with Crippen LogP contribution in [0.2, 0.25) is 0 Å². The van der Waals surface area contributed by atoms with E-state index < -0.39 is 0 Å². The number of hydrogen-bond acceptors (Lipinski definition) is 4. The first-order valence-electron chi connectivity index (χ1n) is 8.87. The van der Waals surface area contributed by atoms with Crippen LogP contribution in [0.4, 0.5) is 5.69 Å². The first-order chi connectivity index (χ1) is 13.0. The molecule has 4 rings (SSSR count). The van der Waals surface area contributed by atoms with Crippen molar-refractivity contribution in [3.8, 4) is 0 Å². The third kappa shape index (κ3) is 2.83. The first-order valence-corrected chi connectivity index (χ1v) is 8.87. The molecule has 27 heavy (non-hydrogen) atoms. The van der Waals surface area contributed by atoms with E-state index in [2.05, 4.69) is 0 Å². The third-order valence-electron chi connectivity index (χ3n) is 5.03. The predicted molar refractivity (Wildman–Crippen MR) is 98.9 cm³/mol. The Morgan fingerprint density at radius 2 is 1.63 bits per heavy atom. The second-order valence-corrected chi connectivity index (χ2v) is 6.80. The first kappa shape index (κ1) is 17.1. The van der Waals surface area contributed by atoms with Crippen LogP contribution in [0.3, 0.4) is 0 Å². The maximum Gasteiger partial charge on any atom is 0.261 e. The highest BCUT2D eigenvalue weighted by Gasteiger charge is 2.36. The van der Waals surface area contributed by atoms with E-state index in [1.807, 2.05) is 13.0 Å². The van der Waals surface area contributed by atoms with Crippen LogP contribution < -0.4 is 4.90 Å². The normalized spacial score (nSPS) is 15.8. The second kappa shape index (κ2) is 6.46. The van der Waals surface area contributed by atoms with Gasteiger partial charge in [-0.15, -0.1) is 0 Å². The van der Waals surface area contributed by atoms with Crippen molar-refractivity contribution in [3.63, 3.8) is 0 Å². The third-order valence-corrected chi connectivity index (χ3v) is 5.03. The fourth-order valence-electron chi connectivity index (χ4n) is 3.62. The molecular formula is C21H18N2O4. The molecule has 3 amide bonds. The largest absolute Gasteiger partial charge is 0.311 e. The lowest BCUT2D eigenvalue weighted by Gasteiger charge is -2.29. The Labute approximate surface area is 156 Å². The summed E-state index contributed by atoms with van der Waals surface area (Å²) in [7, 11) is 0. The SMILES string of the molecule is Cc1ccc2c(c1)C(=O)CCN2C(=O)CCN1C(=O)c2ccccc2C1=O. The van der Waals surface area contributed by atoms with Gasteiger partial charge in [-0.1, -0.05) is 23.8 Å². The van der Waals surface area contributed by atoms with E-state index >= 15 is 0 Å². The van der Waals surface area contributed by atoms with E-state index in [-0.39, 0.29) is 42.9 Å². The van der Waals surface area contributed by atoms with Gasteiger partial charge in [0.25, 0.3) is 11.8 Å². The number of Topliss-reactive ketones (excluding diaryl/α,β-unsaturated/α-hetero) is 1. The van der Waals surface area contributed by atoms with Gasteiger partial charge >= 0.3 is 0 Å². The number of carbonyl (C=O) groups excluding carboxylic acids is 4. The zero-order valence-corrected chi connectivity index (χ0v) is 14.9. The van der Waals surface area contributed by atoms with Crippen LogP contribution in [0.5, 0.6) is 0 Å². The minimum absolute atomic E-state index is 0.0208. The molecule has 2 aromatic carbocycles. The van der Waals surface area contributed by atoms with Crippen molar-refractivity contribution in [1.29, 1.82) is 0 Å². The molecule has 0 saturated heterocycles. The fraction of sp³-hybridized carbons (Fsp3) is 0.238. The summed E-state index contributed by atoms with van der Waals surface area (Å²) in [5, 5.41) is 0. The number of anilines is 1. The van der Waals surface area contributed by atoms with Crippen LogP contribution in [-0.2, 0) is 4.79 Å². The number of rotatable bonds is 3. The number of hydrogen-bond donors (Lipinski definition) is 0. The second-order valence-electron chi connectivity index (χ2n) is 6.80. The summed E-state index contributed by atoms with van der Waals surface area (Å²) in [6, 6.07) is 12.1. The smallest absolute Gasteiger partial charge is 0.261 e. The van der Waals surface area contributed by atoms with Crippen LogP contribution >= 0.6 is 0 Å². The Morgan fingerprint density at radius 1 is 0.963 bits per heavy atom. The van der Waals surface area contributed by atoms with Gasteiger partial charge in [0.1, 0.15) is 0 Å². The molecule has 0 radical (unpaired) electrons. The molecule has 136 valence electrons. The molecule has 2 aliphatic heterocycles. The molecule has 0 N–H and O–H groups in total. The number of aryl methyl sites for hydroxylation is 1. The van der Waals surface area contributed by atoms with Crippen molar-refractivity contribution >= 4 is 29.2 Å². The van der Waals surface area contributed by atoms with Crippen LogP contribution in [0, 0.1) is 6.92 Å². The molecule has 0 atom stereocenters. The Kier molecular flexibility index (Phi) is 4.11. The van der Waals surface area contributed by atoms with E-state index in [4.69, 9.17) is 0 Å². The van der Waals surface area contributed by atoms with E-state index in [9.17, 15) is 19.2 Å². The highest BCUT2D eigenvalue weighted by Crippen LogP contribution is 2.29. The molecule has 0 spiro atoms. The molecule has 6 heteroatoms. The molecule has 0 fully saturated rings. The Morgan fingerprint density at radius 3 is 2.30 bits per heavy atom. The lowest BCUT2D eigenvalue weighted by atomic mass is 9.98. The van der Waals surface area contributed by atoms with E-state index in [1.54, 1.807) is 41.3 Å². The summed E-state index contributed by atoms with van der Waals surface area (Å²) in [5.41, 5.74) is 2.86. The molecule has 0 aromatic heterocycles. The standard InChI is InChI=1S/C21H18N2O4/c1-13-6-7-17-16(12-13)18(24)8-10-22(17)19(25)9-11-23-20(26)14-4-2-3-5-15(14)21(23)27/h2-7,12H,8-11H2,1H3. The lowest BCUT2D eigenvalue weighted by molar-refractivity contribution is -0.118. The van der Waals surface area contributed by atoms with Gasteiger partial charge in [0.05, 0.1) is 16.8 Å². The number of benzene rings is 2. The quantitative estimate of drug-likeness (QED) is 0.787. The summed E-state index contributed by atoms with van der Waals surface area (Å²) < 4.78 is 0. The van der Waals surface area contributed by atoms with E-state index in [0.717, 1.165) is 10.5 Å². The number of imide groups is 1. The summed E-state index contributed by atoms with van der Waals surface area (Å²) in [4.78, 5) is 52.4. The van der Waals surface area contributed by atoms with Crippen molar-refractivity contribution in [1.82, 2.24) is 4.90 Å². The van der Waals surface area contributed by atoms with Crippen LogP contribution in [0.15, 0.2) is 42.5 Å². The maximum atomic E-state index is 12.8. The average molecular weight is 362 g/mol.